The Hall–Kier alpha value is -1.61. The van der Waals surface area contributed by atoms with Gasteiger partial charge in [-0.05, 0) is 56.2 Å². The number of aryl methyl sites for hydroxylation is 3. The summed E-state index contributed by atoms with van der Waals surface area (Å²) in [6, 6.07) is 11.5. The monoisotopic (exact) mass is 283 g/mol. The molecule has 1 heterocycles. The predicted molar refractivity (Wildman–Crippen MR) is 86.3 cm³/mol. The van der Waals surface area contributed by atoms with Crippen molar-refractivity contribution >= 4 is 0 Å². The summed E-state index contributed by atoms with van der Waals surface area (Å²) in [7, 11) is 0. The molecule has 21 heavy (non-hydrogen) atoms. The molecular weight excluding hydrogens is 258 g/mol. The number of hydrogen-bond acceptors (Lipinski definition) is 2. The molecule has 1 aromatic carbocycles. The smallest absolute Gasteiger partial charge is 0.0521 e. The predicted octanol–water partition coefficient (Wildman–Crippen LogP) is 3.20. The van der Waals surface area contributed by atoms with E-state index in [4.69, 9.17) is 0 Å². The lowest BCUT2D eigenvalue weighted by Crippen LogP contribution is -2.17. The van der Waals surface area contributed by atoms with E-state index < -0.39 is 0 Å². The summed E-state index contributed by atoms with van der Waals surface area (Å²) in [6.07, 6.45) is 11.6. The minimum absolute atomic E-state index is 0.825. The number of aromatic nitrogens is 2. The zero-order valence-corrected chi connectivity index (χ0v) is 12.7. The van der Waals surface area contributed by atoms with Gasteiger partial charge in [0, 0.05) is 18.8 Å². The van der Waals surface area contributed by atoms with Crippen molar-refractivity contribution in [1.82, 2.24) is 15.1 Å². The Morgan fingerprint density at radius 2 is 1.86 bits per heavy atom. The number of nitrogens with zero attached hydrogens (tertiary/aromatic N) is 2. The number of nitrogens with one attached hydrogen (secondary N) is 1. The number of benzene rings is 1. The molecule has 1 aliphatic carbocycles. The molecular formula is C18H25N3. The topological polar surface area (TPSA) is 29.9 Å². The largest absolute Gasteiger partial charge is 0.314 e. The van der Waals surface area contributed by atoms with Crippen LogP contribution >= 0.6 is 0 Å². The van der Waals surface area contributed by atoms with Gasteiger partial charge in [0.15, 0.2) is 0 Å². The van der Waals surface area contributed by atoms with Crippen molar-refractivity contribution in [3.8, 4) is 0 Å². The van der Waals surface area contributed by atoms with Crippen molar-refractivity contribution in [2.75, 3.05) is 6.54 Å². The fourth-order valence-corrected chi connectivity index (χ4v) is 2.63. The Labute approximate surface area is 127 Å². The van der Waals surface area contributed by atoms with E-state index in [1.807, 2.05) is 6.20 Å². The highest BCUT2D eigenvalue weighted by molar-refractivity contribution is 5.14. The second kappa shape index (κ2) is 7.41. The van der Waals surface area contributed by atoms with Gasteiger partial charge >= 0.3 is 0 Å². The molecule has 0 aliphatic heterocycles. The van der Waals surface area contributed by atoms with Gasteiger partial charge in [0.25, 0.3) is 0 Å². The Balaban J connectivity index is 1.34. The van der Waals surface area contributed by atoms with Gasteiger partial charge in [0.1, 0.15) is 0 Å². The van der Waals surface area contributed by atoms with E-state index in [2.05, 4.69) is 51.6 Å². The molecule has 1 aromatic heterocycles. The first-order chi connectivity index (χ1) is 10.4. The van der Waals surface area contributed by atoms with Gasteiger partial charge in [0.2, 0.25) is 0 Å². The van der Waals surface area contributed by atoms with Gasteiger partial charge in [-0.3, -0.25) is 4.68 Å². The van der Waals surface area contributed by atoms with E-state index in [-0.39, 0.29) is 0 Å². The molecule has 3 heteroatoms. The molecule has 1 fully saturated rings. The maximum atomic E-state index is 4.47. The van der Waals surface area contributed by atoms with Crippen molar-refractivity contribution in [2.45, 2.75) is 51.1 Å². The summed E-state index contributed by atoms with van der Waals surface area (Å²) in [5, 5.41) is 8.03. The van der Waals surface area contributed by atoms with Crippen molar-refractivity contribution < 1.29 is 0 Å². The molecule has 2 aromatic rings. The highest BCUT2D eigenvalue weighted by Gasteiger charge is 2.19. The van der Waals surface area contributed by atoms with Crippen LogP contribution in [-0.2, 0) is 19.4 Å². The summed E-state index contributed by atoms with van der Waals surface area (Å²) >= 11 is 0. The third kappa shape index (κ3) is 5.01. The van der Waals surface area contributed by atoms with Crippen LogP contribution in [0.25, 0.3) is 0 Å². The van der Waals surface area contributed by atoms with E-state index in [0.29, 0.717) is 0 Å². The first-order valence-electron chi connectivity index (χ1n) is 8.19. The van der Waals surface area contributed by atoms with Gasteiger partial charge < -0.3 is 5.32 Å². The molecule has 0 amide bonds. The van der Waals surface area contributed by atoms with Crippen molar-refractivity contribution in [3.05, 3.63) is 53.9 Å². The third-order valence-electron chi connectivity index (χ3n) is 4.03. The van der Waals surface area contributed by atoms with E-state index >= 15 is 0 Å². The molecule has 0 atom stereocenters. The summed E-state index contributed by atoms with van der Waals surface area (Å²) in [4.78, 5) is 0. The minimum atomic E-state index is 0.825. The van der Waals surface area contributed by atoms with Crippen LogP contribution < -0.4 is 5.32 Å². The summed E-state index contributed by atoms with van der Waals surface area (Å²) < 4.78 is 2.09. The first kappa shape index (κ1) is 14.3. The van der Waals surface area contributed by atoms with Gasteiger partial charge in [-0.2, -0.15) is 5.10 Å². The van der Waals surface area contributed by atoms with Gasteiger partial charge in [-0.25, -0.2) is 0 Å². The SMILES string of the molecule is c1ccc(CCCn2cc(CCCNC3CC3)cn2)cc1. The van der Waals surface area contributed by atoms with Crippen LogP contribution in [0.15, 0.2) is 42.7 Å². The zero-order chi connectivity index (χ0) is 14.3. The Morgan fingerprint density at radius 1 is 1.05 bits per heavy atom. The fraction of sp³-hybridized carbons (Fsp3) is 0.500. The van der Waals surface area contributed by atoms with Crippen LogP contribution in [0.2, 0.25) is 0 Å². The lowest BCUT2D eigenvalue weighted by Gasteiger charge is -2.02. The Morgan fingerprint density at radius 3 is 2.67 bits per heavy atom. The van der Waals surface area contributed by atoms with Crippen LogP contribution in [0, 0.1) is 0 Å². The fourth-order valence-electron chi connectivity index (χ4n) is 2.63. The van der Waals surface area contributed by atoms with Crippen molar-refractivity contribution in [1.29, 1.82) is 0 Å². The quantitative estimate of drug-likeness (QED) is 0.716. The van der Waals surface area contributed by atoms with Crippen LogP contribution in [0.3, 0.4) is 0 Å². The lowest BCUT2D eigenvalue weighted by molar-refractivity contribution is 0.578. The molecule has 112 valence electrons. The normalized spacial score (nSPS) is 14.5. The van der Waals surface area contributed by atoms with E-state index in [0.717, 1.165) is 38.4 Å². The molecule has 0 radical (unpaired) electrons. The van der Waals surface area contributed by atoms with Crippen LogP contribution in [-0.4, -0.2) is 22.4 Å². The summed E-state index contributed by atoms with van der Waals surface area (Å²) in [6.45, 7) is 2.15. The molecule has 3 nitrogen and oxygen atoms in total. The second-order valence-electron chi connectivity index (χ2n) is 6.03. The molecule has 1 aliphatic rings. The average molecular weight is 283 g/mol. The van der Waals surface area contributed by atoms with Gasteiger partial charge in [0.05, 0.1) is 6.20 Å². The molecule has 0 spiro atoms. The van der Waals surface area contributed by atoms with Crippen molar-refractivity contribution in [2.24, 2.45) is 0 Å². The highest BCUT2D eigenvalue weighted by Crippen LogP contribution is 2.18. The minimum Gasteiger partial charge on any atom is -0.314 e. The van der Waals surface area contributed by atoms with E-state index in [1.165, 1.54) is 30.4 Å². The lowest BCUT2D eigenvalue weighted by atomic mass is 10.1. The molecule has 1 saturated carbocycles. The number of hydrogen-bond donors (Lipinski definition) is 1. The zero-order valence-electron chi connectivity index (χ0n) is 12.7. The summed E-state index contributed by atoms with van der Waals surface area (Å²) in [5.74, 6) is 0. The van der Waals surface area contributed by atoms with Gasteiger partial charge in [-0.15, -0.1) is 0 Å². The molecule has 0 unspecified atom stereocenters. The van der Waals surface area contributed by atoms with E-state index in [1.54, 1.807) is 0 Å². The van der Waals surface area contributed by atoms with Crippen molar-refractivity contribution in [3.63, 3.8) is 0 Å². The van der Waals surface area contributed by atoms with Crippen LogP contribution in [0.4, 0.5) is 0 Å². The highest BCUT2D eigenvalue weighted by atomic mass is 15.3. The molecule has 0 saturated heterocycles. The molecule has 3 rings (SSSR count). The maximum absolute atomic E-state index is 4.47. The molecule has 1 N–H and O–H groups in total. The van der Waals surface area contributed by atoms with Crippen LogP contribution in [0.5, 0.6) is 0 Å². The Kier molecular flexibility index (Phi) is 5.06. The third-order valence-corrected chi connectivity index (χ3v) is 4.03. The Bertz CT molecular complexity index is 528. The molecule has 0 bridgehead atoms. The number of rotatable bonds is 9. The van der Waals surface area contributed by atoms with E-state index in [9.17, 15) is 0 Å². The second-order valence-corrected chi connectivity index (χ2v) is 6.03. The van der Waals surface area contributed by atoms with Crippen LogP contribution in [0.1, 0.15) is 36.8 Å². The van der Waals surface area contributed by atoms with Gasteiger partial charge in [-0.1, -0.05) is 30.3 Å². The standard InChI is InChI=1S/C18H25N3/c1-2-6-16(7-3-1)9-5-13-21-15-17(14-20-21)8-4-12-19-18-10-11-18/h1-3,6-7,14-15,18-19H,4-5,8-13H2. The maximum Gasteiger partial charge on any atom is 0.0521 e. The first-order valence-corrected chi connectivity index (χ1v) is 8.19. The average Bonchev–Trinajstić information content (AvgIpc) is 3.24. The summed E-state index contributed by atoms with van der Waals surface area (Å²) in [5.41, 5.74) is 2.78.